The Morgan fingerprint density at radius 1 is 1.82 bits per heavy atom. The van der Waals surface area contributed by atoms with Crippen LogP contribution in [0.5, 0.6) is 0 Å². The van der Waals surface area contributed by atoms with Gasteiger partial charge in [0.05, 0.1) is 0 Å². The van der Waals surface area contributed by atoms with Crippen LogP contribution in [0.15, 0.2) is 12.7 Å². The number of hydrogen-bond acceptors (Lipinski definition) is 3. The molecular weight excluding hydrogens is 162 g/mol. The van der Waals surface area contributed by atoms with Crippen molar-refractivity contribution in [3.05, 3.63) is 12.7 Å². The van der Waals surface area contributed by atoms with E-state index in [0.29, 0.717) is 12.8 Å². The maximum Gasteiger partial charge on any atom is 0.333 e. The first-order valence-corrected chi connectivity index (χ1v) is 3.81. The van der Waals surface area contributed by atoms with Gasteiger partial charge in [0, 0.05) is 0 Å². The van der Waals surface area contributed by atoms with Crippen molar-refractivity contribution >= 4 is 18.6 Å². The standard InChI is InChI=1S/C7H13NO2S/c1-2-3-4-5-7(8,11)6(9)10/h2,11H,1,3-5,8H2,(H,9,10)/t7-/m0/s1. The topological polar surface area (TPSA) is 63.3 Å². The number of thiol groups is 1. The normalized spacial score (nSPS) is 15.5. The van der Waals surface area contributed by atoms with Gasteiger partial charge in [0.25, 0.3) is 0 Å². The molecule has 0 aromatic heterocycles. The Balaban J connectivity index is 3.72. The first kappa shape index (κ1) is 10.5. The lowest BCUT2D eigenvalue weighted by atomic mass is 10.1. The summed E-state index contributed by atoms with van der Waals surface area (Å²) in [4.78, 5) is 9.00. The summed E-state index contributed by atoms with van der Waals surface area (Å²) in [5.74, 6) is -1.08. The number of unbranched alkanes of at least 4 members (excludes halogenated alkanes) is 1. The minimum atomic E-state index is -1.39. The second-order valence-electron chi connectivity index (χ2n) is 2.41. The molecule has 64 valence electrons. The van der Waals surface area contributed by atoms with Gasteiger partial charge in [-0.1, -0.05) is 6.08 Å². The zero-order chi connectivity index (χ0) is 8.91. The second-order valence-corrected chi connectivity index (χ2v) is 3.21. The van der Waals surface area contributed by atoms with Crippen LogP contribution >= 0.6 is 12.6 Å². The van der Waals surface area contributed by atoms with Crippen molar-refractivity contribution in [2.75, 3.05) is 0 Å². The van der Waals surface area contributed by atoms with Gasteiger partial charge in [-0.25, -0.2) is 4.79 Å². The molecule has 0 fully saturated rings. The van der Waals surface area contributed by atoms with E-state index in [-0.39, 0.29) is 0 Å². The molecule has 4 heteroatoms. The molecule has 11 heavy (non-hydrogen) atoms. The van der Waals surface area contributed by atoms with Crippen LogP contribution in [-0.2, 0) is 4.79 Å². The van der Waals surface area contributed by atoms with Gasteiger partial charge in [-0.3, -0.25) is 0 Å². The van der Waals surface area contributed by atoms with E-state index in [1.807, 2.05) is 0 Å². The van der Waals surface area contributed by atoms with Crippen LogP contribution in [0.3, 0.4) is 0 Å². The molecule has 0 aromatic rings. The fraction of sp³-hybridized carbons (Fsp3) is 0.571. The molecule has 0 rings (SSSR count). The maximum atomic E-state index is 10.4. The lowest BCUT2D eigenvalue weighted by Crippen LogP contribution is -2.42. The van der Waals surface area contributed by atoms with E-state index >= 15 is 0 Å². The van der Waals surface area contributed by atoms with Gasteiger partial charge in [0.1, 0.15) is 0 Å². The van der Waals surface area contributed by atoms with Crippen molar-refractivity contribution in [1.82, 2.24) is 0 Å². The summed E-state index contributed by atoms with van der Waals surface area (Å²) in [6.45, 7) is 3.51. The van der Waals surface area contributed by atoms with E-state index in [4.69, 9.17) is 10.8 Å². The average molecular weight is 175 g/mol. The fourth-order valence-corrected chi connectivity index (χ4v) is 0.781. The monoisotopic (exact) mass is 175 g/mol. The molecule has 3 N–H and O–H groups in total. The highest BCUT2D eigenvalue weighted by atomic mass is 32.1. The highest BCUT2D eigenvalue weighted by molar-refractivity contribution is 7.82. The third-order valence-electron chi connectivity index (χ3n) is 1.34. The van der Waals surface area contributed by atoms with Crippen LogP contribution < -0.4 is 5.73 Å². The molecule has 0 aliphatic rings. The van der Waals surface area contributed by atoms with Gasteiger partial charge in [-0.05, 0) is 19.3 Å². The van der Waals surface area contributed by atoms with Crippen LogP contribution in [-0.4, -0.2) is 15.9 Å². The Labute approximate surface area is 71.7 Å². The molecule has 0 amide bonds. The summed E-state index contributed by atoms with van der Waals surface area (Å²) >= 11 is 3.80. The summed E-state index contributed by atoms with van der Waals surface area (Å²) in [6.07, 6.45) is 3.56. The van der Waals surface area contributed by atoms with Gasteiger partial charge >= 0.3 is 5.97 Å². The fourth-order valence-electron chi connectivity index (χ4n) is 0.623. The highest BCUT2D eigenvalue weighted by Gasteiger charge is 2.27. The Kier molecular flexibility index (Phi) is 4.22. The Bertz CT molecular complexity index is 157. The SMILES string of the molecule is C=CCCC[C@](N)(S)C(=O)O. The van der Waals surface area contributed by atoms with Crippen LogP contribution in [0.1, 0.15) is 19.3 Å². The Morgan fingerprint density at radius 3 is 2.73 bits per heavy atom. The van der Waals surface area contributed by atoms with Gasteiger partial charge < -0.3 is 10.8 Å². The summed E-state index contributed by atoms with van der Waals surface area (Å²) in [7, 11) is 0. The number of carboxylic acid groups (broad SMARTS) is 1. The van der Waals surface area contributed by atoms with E-state index in [9.17, 15) is 4.79 Å². The Hall–Kier alpha value is -0.480. The van der Waals surface area contributed by atoms with Crippen molar-refractivity contribution in [3.63, 3.8) is 0 Å². The van der Waals surface area contributed by atoms with Gasteiger partial charge in [0.15, 0.2) is 4.87 Å². The summed E-state index contributed by atoms with van der Waals surface area (Å²) in [5, 5.41) is 8.51. The molecule has 1 atom stereocenters. The molecule has 0 bridgehead atoms. The van der Waals surface area contributed by atoms with E-state index in [0.717, 1.165) is 6.42 Å². The number of carboxylic acids is 1. The lowest BCUT2D eigenvalue weighted by molar-refractivity contribution is -0.139. The number of carbonyl (C=O) groups is 1. The van der Waals surface area contributed by atoms with Crippen molar-refractivity contribution in [3.8, 4) is 0 Å². The van der Waals surface area contributed by atoms with Crippen LogP contribution in [0, 0.1) is 0 Å². The molecule has 0 aliphatic heterocycles. The van der Waals surface area contributed by atoms with Crippen molar-refractivity contribution < 1.29 is 9.90 Å². The predicted molar refractivity (Wildman–Crippen MR) is 47.6 cm³/mol. The van der Waals surface area contributed by atoms with Crippen molar-refractivity contribution in [2.45, 2.75) is 24.1 Å². The molecule has 0 saturated heterocycles. The third-order valence-corrected chi connectivity index (χ3v) is 1.75. The minimum Gasteiger partial charge on any atom is -0.479 e. The van der Waals surface area contributed by atoms with Crippen molar-refractivity contribution in [1.29, 1.82) is 0 Å². The number of rotatable bonds is 5. The van der Waals surface area contributed by atoms with Gasteiger partial charge in [-0.2, -0.15) is 0 Å². The average Bonchev–Trinajstić information content (AvgIpc) is 1.88. The largest absolute Gasteiger partial charge is 0.479 e. The smallest absolute Gasteiger partial charge is 0.333 e. The molecule has 0 saturated carbocycles. The first-order valence-electron chi connectivity index (χ1n) is 3.36. The number of allylic oxidation sites excluding steroid dienone is 1. The zero-order valence-corrected chi connectivity index (χ0v) is 7.18. The molecule has 0 aromatic carbocycles. The molecule has 0 radical (unpaired) electrons. The quantitative estimate of drug-likeness (QED) is 0.253. The molecule has 0 heterocycles. The predicted octanol–water partition coefficient (Wildman–Crippen LogP) is 1.01. The van der Waals surface area contributed by atoms with E-state index in [1.54, 1.807) is 6.08 Å². The molecule has 0 spiro atoms. The molecular formula is C7H13NO2S. The van der Waals surface area contributed by atoms with E-state index in [1.165, 1.54) is 0 Å². The number of nitrogens with two attached hydrogens (primary N) is 1. The summed E-state index contributed by atoms with van der Waals surface area (Å²) in [6, 6.07) is 0. The third kappa shape index (κ3) is 4.06. The lowest BCUT2D eigenvalue weighted by Gasteiger charge is -2.16. The van der Waals surface area contributed by atoms with Gasteiger partial charge in [0.2, 0.25) is 0 Å². The van der Waals surface area contributed by atoms with Gasteiger partial charge in [-0.15, -0.1) is 19.2 Å². The minimum absolute atomic E-state index is 0.359. The van der Waals surface area contributed by atoms with E-state index < -0.39 is 10.8 Å². The molecule has 3 nitrogen and oxygen atoms in total. The maximum absolute atomic E-state index is 10.4. The first-order chi connectivity index (χ1) is 5.00. The number of hydrogen-bond donors (Lipinski definition) is 3. The number of aliphatic carboxylic acids is 1. The van der Waals surface area contributed by atoms with E-state index in [2.05, 4.69) is 19.2 Å². The van der Waals surface area contributed by atoms with Crippen LogP contribution in [0.4, 0.5) is 0 Å². The summed E-state index contributed by atoms with van der Waals surface area (Å²) < 4.78 is 0. The van der Waals surface area contributed by atoms with Crippen molar-refractivity contribution in [2.24, 2.45) is 5.73 Å². The van der Waals surface area contributed by atoms with Crippen LogP contribution in [0.25, 0.3) is 0 Å². The molecule has 0 aliphatic carbocycles. The zero-order valence-electron chi connectivity index (χ0n) is 6.29. The van der Waals surface area contributed by atoms with Crippen LogP contribution in [0.2, 0.25) is 0 Å². The summed E-state index contributed by atoms with van der Waals surface area (Å²) in [5.41, 5.74) is 5.33. The molecule has 0 unspecified atom stereocenters. The highest BCUT2D eigenvalue weighted by Crippen LogP contribution is 2.15. The Morgan fingerprint density at radius 2 is 2.36 bits per heavy atom. The second kappa shape index (κ2) is 4.41.